The third-order valence-corrected chi connectivity index (χ3v) is 3.24. The zero-order valence-electron chi connectivity index (χ0n) is 12.3. The van der Waals surface area contributed by atoms with Gasteiger partial charge < -0.3 is 5.32 Å². The van der Waals surface area contributed by atoms with Crippen LogP contribution in [-0.4, -0.2) is 5.91 Å². The highest BCUT2D eigenvalue weighted by Gasteiger charge is 2.13. The van der Waals surface area contributed by atoms with E-state index in [4.69, 9.17) is 0 Å². The van der Waals surface area contributed by atoms with Crippen molar-refractivity contribution in [2.45, 2.75) is 32.6 Å². The molecule has 0 spiro atoms. The van der Waals surface area contributed by atoms with Crippen molar-refractivity contribution in [3.63, 3.8) is 0 Å². The van der Waals surface area contributed by atoms with Crippen LogP contribution >= 0.6 is 0 Å². The Balaban J connectivity index is 1.98. The maximum absolute atomic E-state index is 12.0. The van der Waals surface area contributed by atoms with Gasteiger partial charge in [-0.25, -0.2) is 0 Å². The maximum Gasteiger partial charge on any atom is 0.228 e. The van der Waals surface area contributed by atoms with E-state index >= 15 is 0 Å². The van der Waals surface area contributed by atoms with Gasteiger partial charge in [-0.1, -0.05) is 63.2 Å². The first-order valence-electron chi connectivity index (χ1n) is 6.89. The molecular weight excluding hydrogens is 246 g/mol. The van der Waals surface area contributed by atoms with E-state index in [1.165, 1.54) is 5.56 Å². The van der Waals surface area contributed by atoms with Crippen LogP contribution in [0, 0.1) is 0 Å². The molecule has 0 atom stereocenters. The predicted molar refractivity (Wildman–Crippen MR) is 83.9 cm³/mol. The summed E-state index contributed by atoms with van der Waals surface area (Å²) in [5.41, 5.74) is 3.26. The molecule has 104 valence electrons. The normalized spacial score (nSPS) is 11.2. The van der Waals surface area contributed by atoms with Gasteiger partial charge in [0.25, 0.3) is 0 Å². The molecule has 0 aliphatic carbocycles. The van der Waals surface area contributed by atoms with Crippen molar-refractivity contribution in [3.05, 3.63) is 65.7 Å². The third kappa shape index (κ3) is 3.95. The summed E-state index contributed by atoms with van der Waals surface area (Å²) in [6.07, 6.45) is 0.405. The van der Waals surface area contributed by atoms with Gasteiger partial charge in [0.15, 0.2) is 0 Å². The highest BCUT2D eigenvalue weighted by molar-refractivity contribution is 5.92. The molecule has 20 heavy (non-hydrogen) atoms. The molecule has 1 amide bonds. The smallest absolute Gasteiger partial charge is 0.228 e. The molecule has 0 aromatic heterocycles. The zero-order chi connectivity index (χ0) is 14.6. The molecule has 2 aromatic rings. The number of nitrogens with one attached hydrogen (secondary N) is 1. The summed E-state index contributed by atoms with van der Waals surface area (Å²) < 4.78 is 0. The van der Waals surface area contributed by atoms with E-state index in [9.17, 15) is 4.79 Å². The molecule has 0 saturated heterocycles. The van der Waals surface area contributed by atoms with E-state index in [2.05, 4.69) is 38.2 Å². The summed E-state index contributed by atoms with van der Waals surface area (Å²) >= 11 is 0. The fraction of sp³-hybridized carbons (Fsp3) is 0.278. The standard InChI is InChI=1S/C18H21NO/c1-18(2,3)15-9-11-16(12-10-15)19-17(20)13-14-7-5-4-6-8-14/h4-12H,13H2,1-3H3,(H,19,20). The fourth-order valence-electron chi connectivity index (χ4n) is 2.04. The van der Waals surface area contributed by atoms with Crippen LogP contribution in [0.15, 0.2) is 54.6 Å². The third-order valence-electron chi connectivity index (χ3n) is 3.24. The van der Waals surface area contributed by atoms with Crippen LogP contribution < -0.4 is 5.32 Å². The van der Waals surface area contributed by atoms with Gasteiger partial charge in [-0.3, -0.25) is 4.79 Å². The van der Waals surface area contributed by atoms with Crippen molar-refractivity contribution < 1.29 is 4.79 Å². The van der Waals surface area contributed by atoms with Gasteiger partial charge in [0.2, 0.25) is 5.91 Å². The summed E-state index contributed by atoms with van der Waals surface area (Å²) in [5, 5.41) is 2.93. The highest BCUT2D eigenvalue weighted by Crippen LogP contribution is 2.23. The van der Waals surface area contributed by atoms with Gasteiger partial charge in [-0.15, -0.1) is 0 Å². The van der Waals surface area contributed by atoms with Gasteiger partial charge in [0.1, 0.15) is 0 Å². The molecule has 2 rings (SSSR count). The van der Waals surface area contributed by atoms with E-state index in [1.54, 1.807) is 0 Å². The Kier molecular flexibility index (Phi) is 4.23. The molecule has 1 N–H and O–H groups in total. The van der Waals surface area contributed by atoms with E-state index in [0.29, 0.717) is 6.42 Å². The fourth-order valence-corrected chi connectivity index (χ4v) is 2.04. The summed E-state index contributed by atoms with van der Waals surface area (Å²) in [7, 11) is 0. The summed E-state index contributed by atoms with van der Waals surface area (Å²) in [5.74, 6) is 0.0136. The van der Waals surface area contributed by atoms with Crippen molar-refractivity contribution in [1.29, 1.82) is 0 Å². The van der Waals surface area contributed by atoms with E-state index in [1.807, 2.05) is 42.5 Å². The first-order valence-corrected chi connectivity index (χ1v) is 6.89. The molecule has 0 heterocycles. The van der Waals surface area contributed by atoms with Crippen LogP contribution in [0.3, 0.4) is 0 Å². The number of anilines is 1. The average Bonchev–Trinajstić information content (AvgIpc) is 2.39. The second kappa shape index (κ2) is 5.91. The van der Waals surface area contributed by atoms with Crippen molar-refractivity contribution in [2.24, 2.45) is 0 Å². The minimum atomic E-state index is 0.0136. The van der Waals surface area contributed by atoms with Crippen LogP contribution in [0.2, 0.25) is 0 Å². The SMILES string of the molecule is CC(C)(C)c1ccc(NC(=O)Cc2ccccc2)cc1. The van der Waals surface area contributed by atoms with Gasteiger partial charge in [-0.2, -0.15) is 0 Å². The molecule has 0 radical (unpaired) electrons. The zero-order valence-corrected chi connectivity index (χ0v) is 12.3. The summed E-state index contributed by atoms with van der Waals surface area (Å²) in [4.78, 5) is 12.0. The minimum absolute atomic E-state index is 0.0136. The first-order chi connectivity index (χ1) is 9.45. The van der Waals surface area contributed by atoms with Crippen molar-refractivity contribution in [2.75, 3.05) is 5.32 Å². The predicted octanol–water partition coefficient (Wildman–Crippen LogP) is 4.17. The topological polar surface area (TPSA) is 29.1 Å². The largest absolute Gasteiger partial charge is 0.326 e. The number of carbonyl (C=O) groups is 1. The van der Waals surface area contributed by atoms with Gasteiger partial charge >= 0.3 is 0 Å². The van der Waals surface area contributed by atoms with Crippen LogP contribution in [0.5, 0.6) is 0 Å². The molecule has 0 fully saturated rings. The van der Waals surface area contributed by atoms with Crippen LogP contribution in [-0.2, 0) is 16.6 Å². The Morgan fingerprint density at radius 3 is 2.10 bits per heavy atom. The first kappa shape index (κ1) is 14.3. The van der Waals surface area contributed by atoms with E-state index in [0.717, 1.165) is 11.3 Å². The molecule has 0 aliphatic rings. The average molecular weight is 267 g/mol. The molecular formula is C18H21NO. The molecule has 2 nitrogen and oxygen atoms in total. The maximum atomic E-state index is 12.0. The number of hydrogen-bond acceptors (Lipinski definition) is 1. The van der Waals surface area contributed by atoms with Crippen LogP contribution in [0.4, 0.5) is 5.69 Å². The lowest BCUT2D eigenvalue weighted by Crippen LogP contribution is -2.15. The Hall–Kier alpha value is -2.09. The van der Waals surface area contributed by atoms with E-state index < -0.39 is 0 Å². The lowest BCUT2D eigenvalue weighted by molar-refractivity contribution is -0.115. The number of benzene rings is 2. The van der Waals surface area contributed by atoms with Gasteiger partial charge in [0, 0.05) is 5.69 Å². The highest BCUT2D eigenvalue weighted by atomic mass is 16.1. The van der Waals surface area contributed by atoms with Crippen molar-refractivity contribution in [1.82, 2.24) is 0 Å². The molecule has 2 aromatic carbocycles. The number of rotatable bonds is 3. The number of amides is 1. The quantitative estimate of drug-likeness (QED) is 0.888. The van der Waals surface area contributed by atoms with Crippen LogP contribution in [0.25, 0.3) is 0 Å². The molecule has 2 heteroatoms. The lowest BCUT2D eigenvalue weighted by atomic mass is 9.87. The Morgan fingerprint density at radius 1 is 0.950 bits per heavy atom. The minimum Gasteiger partial charge on any atom is -0.326 e. The Labute approximate surface area is 120 Å². The Bertz CT molecular complexity index is 565. The van der Waals surface area contributed by atoms with E-state index in [-0.39, 0.29) is 11.3 Å². The molecule has 0 bridgehead atoms. The second-order valence-corrected chi connectivity index (χ2v) is 6.04. The van der Waals surface area contributed by atoms with Crippen molar-refractivity contribution >= 4 is 11.6 Å². The Morgan fingerprint density at radius 2 is 1.55 bits per heavy atom. The number of carbonyl (C=O) groups excluding carboxylic acids is 1. The van der Waals surface area contributed by atoms with Crippen LogP contribution in [0.1, 0.15) is 31.9 Å². The second-order valence-electron chi connectivity index (χ2n) is 6.04. The van der Waals surface area contributed by atoms with Gasteiger partial charge in [-0.05, 0) is 28.7 Å². The molecule has 0 saturated carbocycles. The molecule has 0 unspecified atom stereocenters. The lowest BCUT2D eigenvalue weighted by Gasteiger charge is -2.19. The monoisotopic (exact) mass is 267 g/mol. The summed E-state index contributed by atoms with van der Waals surface area (Å²) in [6, 6.07) is 17.8. The molecule has 0 aliphatic heterocycles. The summed E-state index contributed by atoms with van der Waals surface area (Å²) in [6.45, 7) is 6.53. The van der Waals surface area contributed by atoms with Crippen molar-refractivity contribution in [3.8, 4) is 0 Å². The number of hydrogen-bond donors (Lipinski definition) is 1. The van der Waals surface area contributed by atoms with Gasteiger partial charge in [0.05, 0.1) is 6.42 Å².